The lowest BCUT2D eigenvalue weighted by atomic mass is 10.1. The van der Waals surface area contributed by atoms with Crippen molar-refractivity contribution in [3.8, 4) is 11.8 Å². The van der Waals surface area contributed by atoms with E-state index in [4.69, 9.17) is 0 Å². The molecule has 112 valence electrons. The summed E-state index contributed by atoms with van der Waals surface area (Å²) in [5.74, 6) is 0.427. The largest absolute Gasteiger partial charge is 0.265 e. The van der Waals surface area contributed by atoms with Gasteiger partial charge in [0.05, 0.1) is 11.4 Å². The smallest absolute Gasteiger partial charge is 0.186 e. The molecule has 0 N–H and O–H groups in total. The summed E-state index contributed by atoms with van der Waals surface area (Å²) >= 11 is 0. The third-order valence-electron chi connectivity index (χ3n) is 4.11. The lowest BCUT2D eigenvalue weighted by Gasteiger charge is -2.07. The molecule has 0 atom stereocenters. The van der Waals surface area contributed by atoms with Gasteiger partial charge in [-0.05, 0) is 54.7 Å². The Labute approximate surface area is 134 Å². The normalized spacial score (nSPS) is 13.7. The minimum Gasteiger partial charge on any atom is -0.265 e. The van der Waals surface area contributed by atoms with E-state index in [-0.39, 0.29) is 0 Å². The topological polar surface area (TPSA) is 67.4 Å². The number of hydrogen-bond acceptors (Lipinski definition) is 4. The number of pyridine rings is 1. The van der Waals surface area contributed by atoms with Gasteiger partial charge in [0, 0.05) is 18.3 Å². The Kier molecular flexibility index (Phi) is 3.35. The third-order valence-corrected chi connectivity index (χ3v) is 4.11. The summed E-state index contributed by atoms with van der Waals surface area (Å²) < 4.78 is 1.81. The molecule has 5 heteroatoms. The van der Waals surface area contributed by atoms with E-state index in [0.29, 0.717) is 11.6 Å². The molecule has 23 heavy (non-hydrogen) atoms. The van der Waals surface area contributed by atoms with Crippen LogP contribution < -0.4 is 0 Å². The van der Waals surface area contributed by atoms with Crippen molar-refractivity contribution in [2.24, 2.45) is 0 Å². The van der Waals surface area contributed by atoms with Crippen LogP contribution in [0.2, 0.25) is 0 Å². The zero-order valence-electron chi connectivity index (χ0n) is 12.6. The van der Waals surface area contributed by atoms with Gasteiger partial charge in [0.15, 0.2) is 5.69 Å². The van der Waals surface area contributed by atoms with Crippen LogP contribution in [0.15, 0.2) is 48.8 Å². The van der Waals surface area contributed by atoms with Gasteiger partial charge in [0.25, 0.3) is 0 Å². The molecule has 0 saturated heterocycles. The fourth-order valence-electron chi connectivity index (χ4n) is 2.77. The summed E-state index contributed by atoms with van der Waals surface area (Å²) in [6.45, 7) is 0. The average Bonchev–Trinajstić information content (AvgIpc) is 3.35. The standard InChI is InChI=1S/C18H15N5/c19-12-17-18(15-3-4-15)23(22-21-17)16-5-1-13(2-6-16)11-14-7-9-20-10-8-14/h1-2,5-10,15H,3-4,11H2. The van der Waals surface area contributed by atoms with Crippen LogP contribution in [0.4, 0.5) is 0 Å². The summed E-state index contributed by atoms with van der Waals surface area (Å²) in [6.07, 6.45) is 6.72. The Morgan fingerprint density at radius 1 is 1.04 bits per heavy atom. The highest BCUT2D eigenvalue weighted by molar-refractivity contribution is 5.41. The van der Waals surface area contributed by atoms with Gasteiger partial charge >= 0.3 is 0 Å². The van der Waals surface area contributed by atoms with E-state index in [9.17, 15) is 5.26 Å². The van der Waals surface area contributed by atoms with Crippen LogP contribution >= 0.6 is 0 Å². The molecule has 1 aliphatic rings. The predicted molar refractivity (Wildman–Crippen MR) is 85.1 cm³/mol. The number of hydrogen-bond donors (Lipinski definition) is 0. The van der Waals surface area contributed by atoms with Crippen LogP contribution in [0.1, 0.15) is 41.3 Å². The van der Waals surface area contributed by atoms with Crippen LogP contribution in [-0.4, -0.2) is 20.0 Å². The van der Waals surface area contributed by atoms with Gasteiger partial charge in [-0.1, -0.05) is 17.3 Å². The van der Waals surface area contributed by atoms with Gasteiger partial charge in [-0.15, -0.1) is 5.10 Å². The van der Waals surface area contributed by atoms with Gasteiger partial charge in [-0.25, -0.2) is 4.68 Å². The maximum Gasteiger partial charge on any atom is 0.186 e. The zero-order chi connectivity index (χ0) is 15.6. The molecule has 0 spiro atoms. The van der Waals surface area contributed by atoms with Crippen molar-refractivity contribution >= 4 is 0 Å². The van der Waals surface area contributed by atoms with Crippen LogP contribution in [-0.2, 0) is 6.42 Å². The third kappa shape index (κ3) is 2.71. The Bertz CT molecular complexity index is 855. The number of benzene rings is 1. The molecular weight excluding hydrogens is 286 g/mol. The van der Waals surface area contributed by atoms with E-state index in [1.807, 2.05) is 41.3 Å². The lowest BCUT2D eigenvalue weighted by molar-refractivity contribution is 0.763. The van der Waals surface area contributed by atoms with Gasteiger partial charge in [0.2, 0.25) is 0 Å². The molecule has 0 amide bonds. The molecule has 2 aromatic heterocycles. The number of aromatic nitrogens is 4. The molecule has 4 rings (SSSR count). The highest BCUT2D eigenvalue weighted by Crippen LogP contribution is 2.41. The van der Waals surface area contributed by atoms with Crippen LogP contribution in [0.25, 0.3) is 5.69 Å². The Balaban J connectivity index is 1.62. The predicted octanol–water partition coefficient (Wildman–Crippen LogP) is 3.00. The molecule has 1 aliphatic carbocycles. The van der Waals surface area contributed by atoms with E-state index >= 15 is 0 Å². The Hall–Kier alpha value is -3.00. The fraction of sp³-hybridized carbons (Fsp3) is 0.222. The van der Waals surface area contributed by atoms with Crippen LogP contribution in [0.3, 0.4) is 0 Å². The summed E-state index contributed by atoms with van der Waals surface area (Å²) in [4.78, 5) is 4.04. The van der Waals surface area contributed by atoms with E-state index in [1.54, 1.807) is 0 Å². The lowest BCUT2D eigenvalue weighted by Crippen LogP contribution is -2.02. The van der Waals surface area contributed by atoms with Crippen molar-refractivity contribution in [3.05, 3.63) is 71.3 Å². The summed E-state index contributed by atoms with van der Waals surface area (Å²) in [6, 6.07) is 14.5. The molecule has 0 unspecified atom stereocenters. The summed E-state index contributed by atoms with van der Waals surface area (Å²) in [5.41, 5.74) is 4.83. The minimum atomic E-state index is 0.427. The monoisotopic (exact) mass is 301 g/mol. The average molecular weight is 301 g/mol. The number of nitriles is 1. The molecule has 2 heterocycles. The molecule has 5 nitrogen and oxygen atoms in total. The van der Waals surface area contributed by atoms with Crippen molar-refractivity contribution in [2.45, 2.75) is 25.2 Å². The first-order chi connectivity index (χ1) is 11.3. The molecule has 0 bridgehead atoms. The van der Waals surface area contributed by atoms with E-state index in [2.05, 4.69) is 33.5 Å². The maximum absolute atomic E-state index is 9.19. The van der Waals surface area contributed by atoms with Crippen LogP contribution in [0, 0.1) is 11.3 Å². The first-order valence-corrected chi connectivity index (χ1v) is 7.69. The molecular formula is C18H15N5. The van der Waals surface area contributed by atoms with E-state index < -0.39 is 0 Å². The second-order valence-corrected chi connectivity index (χ2v) is 5.82. The first-order valence-electron chi connectivity index (χ1n) is 7.69. The molecule has 3 aromatic rings. The van der Waals surface area contributed by atoms with E-state index in [1.165, 1.54) is 11.1 Å². The van der Waals surface area contributed by atoms with Crippen molar-refractivity contribution in [2.75, 3.05) is 0 Å². The van der Waals surface area contributed by atoms with Gasteiger partial charge in [-0.3, -0.25) is 4.98 Å². The molecule has 0 aliphatic heterocycles. The summed E-state index contributed by atoms with van der Waals surface area (Å²) in [7, 11) is 0. The van der Waals surface area contributed by atoms with Crippen molar-refractivity contribution in [1.29, 1.82) is 5.26 Å². The van der Waals surface area contributed by atoms with Crippen molar-refractivity contribution in [3.63, 3.8) is 0 Å². The number of rotatable bonds is 4. The fourth-order valence-corrected chi connectivity index (χ4v) is 2.77. The van der Waals surface area contributed by atoms with Gasteiger partial charge < -0.3 is 0 Å². The van der Waals surface area contributed by atoms with Crippen LogP contribution in [0.5, 0.6) is 0 Å². The zero-order valence-corrected chi connectivity index (χ0v) is 12.6. The molecule has 1 fully saturated rings. The number of nitrogens with zero attached hydrogens (tertiary/aromatic N) is 5. The minimum absolute atomic E-state index is 0.427. The Morgan fingerprint density at radius 3 is 2.39 bits per heavy atom. The van der Waals surface area contributed by atoms with E-state index in [0.717, 1.165) is 30.6 Å². The Morgan fingerprint density at radius 2 is 1.74 bits per heavy atom. The van der Waals surface area contributed by atoms with Gasteiger partial charge in [-0.2, -0.15) is 5.26 Å². The van der Waals surface area contributed by atoms with Crippen molar-refractivity contribution in [1.82, 2.24) is 20.0 Å². The highest BCUT2D eigenvalue weighted by Gasteiger charge is 2.31. The molecule has 1 aromatic carbocycles. The maximum atomic E-state index is 9.19. The van der Waals surface area contributed by atoms with Gasteiger partial charge in [0.1, 0.15) is 6.07 Å². The van der Waals surface area contributed by atoms with Crippen molar-refractivity contribution < 1.29 is 0 Å². The highest BCUT2D eigenvalue weighted by atomic mass is 15.4. The first kappa shape index (κ1) is 13.6. The SMILES string of the molecule is N#Cc1nnn(-c2ccc(Cc3ccncc3)cc2)c1C1CC1. The second-order valence-electron chi connectivity index (χ2n) is 5.82. The molecule has 1 saturated carbocycles. The quantitative estimate of drug-likeness (QED) is 0.743. The molecule has 0 radical (unpaired) electrons. The summed E-state index contributed by atoms with van der Waals surface area (Å²) in [5, 5.41) is 17.4. The second kappa shape index (κ2) is 5.65.